The summed E-state index contributed by atoms with van der Waals surface area (Å²) < 4.78 is 7.32. The molecular weight excluding hydrogens is 342 g/mol. The third-order valence-corrected chi connectivity index (χ3v) is 4.94. The zero-order chi connectivity index (χ0) is 19.8. The molecule has 2 amide bonds. The van der Waals surface area contributed by atoms with E-state index < -0.39 is 5.60 Å². The SMILES string of the molecule is CCN(CC)C(=O)n1c2c(c3ccccc31)CCN(C(=O)OC(C)(C)C)C2. The van der Waals surface area contributed by atoms with Gasteiger partial charge in [-0.3, -0.25) is 4.57 Å². The van der Waals surface area contributed by atoms with Crippen LogP contribution in [0.1, 0.15) is 45.9 Å². The maximum absolute atomic E-state index is 13.2. The molecule has 2 aromatic rings. The summed E-state index contributed by atoms with van der Waals surface area (Å²) in [5.41, 5.74) is 2.42. The van der Waals surface area contributed by atoms with Crippen molar-refractivity contribution in [2.24, 2.45) is 0 Å². The highest BCUT2D eigenvalue weighted by Gasteiger charge is 2.31. The van der Waals surface area contributed by atoms with Gasteiger partial charge in [-0.2, -0.15) is 0 Å². The Kier molecular flexibility index (Phi) is 5.18. The van der Waals surface area contributed by atoms with Gasteiger partial charge in [0.2, 0.25) is 0 Å². The van der Waals surface area contributed by atoms with E-state index in [2.05, 4.69) is 6.07 Å². The Labute approximate surface area is 160 Å². The number of hydrogen-bond acceptors (Lipinski definition) is 3. The molecule has 0 fully saturated rings. The first-order valence-electron chi connectivity index (χ1n) is 9.65. The van der Waals surface area contributed by atoms with E-state index in [-0.39, 0.29) is 12.1 Å². The lowest BCUT2D eigenvalue weighted by Gasteiger charge is -2.31. The van der Waals surface area contributed by atoms with Crippen LogP contribution in [-0.4, -0.2) is 51.7 Å². The lowest BCUT2D eigenvalue weighted by atomic mass is 10.0. The fraction of sp³-hybridized carbons (Fsp3) is 0.524. The van der Waals surface area contributed by atoms with Crippen LogP contribution in [0.25, 0.3) is 10.9 Å². The third-order valence-electron chi connectivity index (χ3n) is 4.94. The highest BCUT2D eigenvalue weighted by molar-refractivity contribution is 5.95. The van der Waals surface area contributed by atoms with Gasteiger partial charge in [0.05, 0.1) is 17.8 Å². The van der Waals surface area contributed by atoms with Crippen LogP contribution in [0.3, 0.4) is 0 Å². The zero-order valence-electron chi connectivity index (χ0n) is 16.9. The van der Waals surface area contributed by atoms with E-state index in [9.17, 15) is 9.59 Å². The number of ether oxygens (including phenoxy) is 1. The largest absolute Gasteiger partial charge is 0.444 e. The van der Waals surface area contributed by atoms with Crippen LogP contribution in [0.2, 0.25) is 0 Å². The molecule has 6 heteroatoms. The number of rotatable bonds is 2. The first-order valence-corrected chi connectivity index (χ1v) is 9.65. The maximum Gasteiger partial charge on any atom is 0.410 e. The maximum atomic E-state index is 13.2. The number of aromatic nitrogens is 1. The molecule has 0 saturated heterocycles. The van der Waals surface area contributed by atoms with Crippen molar-refractivity contribution in [3.63, 3.8) is 0 Å². The second-order valence-corrected chi connectivity index (χ2v) is 7.88. The standard InChI is InChI=1S/C21H29N3O3/c1-6-22(7-2)19(25)24-17-11-9-8-10-15(17)16-12-13-23(14-18(16)24)20(26)27-21(3,4)5/h8-11H,6-7,12-14H2,1-5H3. The van der Waals surface area contributed by atoms with Crippen molar-refractivity contribution >= 4 is 23.0 Å². The van der Waals surface area contributed by atoms with E-state index in [0.29, 0.717) is 32.6 Å². The first kappa shape index (κ1) is 19.3. The molecule has 0 unspecified atom stereocenters. The van der Waals surface area contributed by atoms with Crippen LogP contribution in [0, 0.1) is 0 Å². The van der Waals surface area contributed by atoms with Crippen LogP contribution in [0.15, 0.2) is 24.3 Å². The second kappa shape index (κ2) is 7.25. The van der Waals surface area contributed by atoms with E-state index in [4.69, 9.17) is 4.74 Å². The number of nitrogens with zero attached hydrogens (tertiary/aromatic N) is 3. The molecule has 3 rings (SSSR count). The Bertz CT molecular complexity index is 859. The fourth-order valence-electron chi connectivity index (χ4n) is 3.65. The Morgan fingerprint density at radius 2 is 1.81 bits per heavy atom. The summed E-state index contributed by atoms with van der Waals surface area (Å²) in [5.74, 6) is 0. The van der Waals surface area contributed by atoms with Gasteiger partial charge in [-0.05, 0) is 52.7 Å². The summed E-state index contributed by atoms with van der Waals surface area (Å²) in [7, 11) is 0. The molecule has 1 aliphatic rings. The molecule has 1 aromatic heterocycles. The van der Waals surface area contributed by atoms with Gasteiger partial charge in [-0.1, -0.05) is 18.2 Å². The molecule has 0 N–H and O–H groups in total. The van der Waals surface area contributed by atoms with Crippen LogP contribution >= 0.6 is 0 Å². The van der Waals surface area contributed by atoms with Gasteiger partial charge in [-0.15, -0.1) is 0 Å². The summed E-state index contributed by atoms with van der Waals surface area (Å²) in [6.07, 6.45) is 0.383. The monoisotopic (exact) mass is 371 g/mol. The Balaban J connectivity index is 2.04. The number of benzene rings is 1. The van der Waals surface area contributed by atoms with Gasteiger partial charge in [0.1, 0.15) is 5.60 Å². The van der Waals surface area contributed by atoms with E-state index >= 15 is 0 Å². The van der Waals surface area contributed by atoms with Crippen molar-refractivity contribution in [3.05, 3.63) is 35.5 Å². The van der Waals surface area contributed by atoms with Crippen LogP contribution < -0.4 is 0 Å². The Hall–Kier alpha value is -2.50. The van der Waals surface area contributed by atoms with E-state index in [1.54, 1.807) is 14.4 Å². The lowest BCUT2D eigenvalue weighted by Crippen LogP contribution is -2.42. The molecule has 0 bridgehead atoms. The third kappa shape index (κ3) is 3.66. The van der Waals surface area contributed by atoms with Crippen molar-refractivity contribution in [1.82, 2.24) is 14.4 Å². The van der Waals surface area contributed by atoms with E-state index in [1.165, 1.54) is 0 Å². The van der Waals surface area contributed by atoms with Crippen molar-refractivity contribution in [1.29, 1.82) is 0 Å². The molecule has 146 valence electrons. The highest BCUT2D eigenvalue weighted by atomic mass is 16.6. The molecule has 1 aliphatic heterocycles. The zero-order valence-corrected chi connectivity index (χ0v) is 16.9. The van der Waals surface area contributed by atoms with Gasteiger partial charge >= 0.3 is 12.1 Å². The van der Waals surface area contributed by atoms with Gasteiger partial charge in [0.15, 0.2) is 0 Å². The molecular formula is C21H29N3O3. The van der Waals surface area contributed by atoms with E-state index in [0.717, 1.165) is 22.2 Å². The summed E-state index contributed by atoms with van der Waals surface area (Å²) in [6, 6.07) is 7.94. The molecule has 0 saturated carbocycles. The first-order chi connectivity index (χ1) is 12.8. The predicted octanol–water partition coefficient (Wildman–Crippen LogP) is 4.24. The summed E-state index contributed by atoms with van der Waals surface area (Å²) in [5, 5.41) is 1.09. The number of para-hydroxylation sites is 1. The van der Waals surface area contributed by atoms with Crippen LogP contribution in [0.5, 0.6) is 0 Å². The Morgan fingerprint density at radius 3 is 2.44 bits per heavy atom. The summed E-state index contributed by atoms with van der Waals surface area (Å²) >= 11 is 0. The van der Waals surface area contributed by atoms with Gasteiger partial charge in [0, 0.05) is 25.0 Å². The van der Waals surface area contributed by atoms with Crippen molar-refractivity contribution in [3.8, 4) is 0 Å². The number of amides is 2. The molecule has 1 aromatic carbocycles. The van der Waals surface area contributed by atoms with Gasteiger partial charge in [0.25, 0.3) is 0 Å². The number of hydrogen-bond donors (Lipinski definition) is 0. The lowest BCUT2D eigenvalue weighted by molar-refractivity contribution is 0.0220. The minimum absolute atomic E-state index is 0.0384. The number of carbonyl (C=O) groups is 2. The van der Waals surface area contributed by atoms with Crippen molar-refractivity contribution < 1.29 is 14.3 Å². The Morgan fingerprint density at radius 1 is 1.15 bits per heavy atom. The van der Waals surface area contributed by atoms with Gasteiger partial charge in [-0.25, -0.2) is 9.59 Å². The minimum atomic E-state index is -0.541. The minimum Gasteiger partial charge on any atom is -0.444 e. The van der Waals surface area contributed by atoms with Crippen molar-refractivity contribution in [2.75, 3.05) is 19.6 Å². The molecule has 2 heterocycles. The molecule has 0 spiro atoms. The second-order valence-electron chi connectivity index (χ2n) is 7.88. The van der Waals surface area contributed by atoms with Crippen molar-refractivity contribution in [2.45, 2.75) is 53.2 Å². The normalized spacial score (nSPS) is 14.2. The summed E-state index contributed by atoms with van der Waals surface area (Å²) in [4.78, 5) is 29.3. The summed E-state index contributed by atoms with van der Waals surface area (Å²) in [6.45, 7) is 11.8. The van der Waals surface area contributed by atoms with Gasteiger partial charge < -0.3 is 14.5 Å². The average molecular weight is 371 g/mol. The molecule has 0 radical (unpaired) electrons. The topological polar surface area (TPSA) is 54.8 Å². The quantitative estimate of drug-likeness (QED) is 0.793. The molecule has 6 nitrogen and oxygen atoms in total. The fourth-order valence-corrected chi connectivity index (χ4v) is 3.65. The molecule has 0 atom stereocenters. The van der Waals surface area contributed by atoms with Crippen LogP contribution in [0.4, 0.5) is 9.59 Å². The molecule has 27 heavy (non-hydrogen) atoms. The van der Waals surface area contributed by atoms with E-state index in [1.807, 2.05) is 52.8 Å². The highest BCUT2D eigenvalue weighted by Crippen LogP contribution is 2.31. The predicted molar refractivity (Wildman–Crippen MR) is 106 cm³/mol. The number of carbonyl (C=O) groups excluding carboxylic acids is 2. The smallest absolute Gasteiger partial charge is 0.410 e. The number of fused-ring (bicyclic) bond motifs is 3. The average Bonchev–Trinajstić information content (AvgIpc) is 2.94. The molecule has 0 aliphatic carbocycles. The van der Waals surface area contributed by atoms with Crippen LogP contribution in [-0.2, 0) is 17.7 Å².